The summed E-state index contributed by atoms with van der Waals surface area (Å²) in [6.07, 6.45) is 0. The summed E-state index contributed by atoms with van der Waals surface area (Å²) >= 11 is 0. The van der Waals surface area contributed by atoms with E-state index in [9.17, 15) is 19.7 Å². The first kappa shape index (κ1) is 21.4. The highest BCUT2D eigenvalue weighted by atomic mass is 16.6. The van der Waals surface area contributed by atoms with Crippen molar-refractivity contribution in [2.24, 2.45) is 0 Å². The van der Waals surface area contributed by atoms with Crippen LogP contribution in [0.1, 0.15) is 34.8 Å². The number of amides is 3. The Morgan fingerprint density at radius 2 is 1.84 bits per heavy atom. The lowest BCUT2D eigenvalue weighted by Gasteiger charge is -2.15. The summed E-state index contributed by atoms with van der Waals surface area (Å²) in [5.74, 6) is 0.460. The van der Waals surface area contributed by atoms with Gasteiger partial charge in [-0.3, -0.25) is 20.3 Å². The number of ether oxygens (including phenoxy) is 1. The molecular formula is C21H20N4O6. The lowest BCUT2D eigenvalue weighted by atomic mass is 10.1. The standard InChI is InChI=1S/C21H20N4O6/c1-14(15-6-5-7-16(12-15)25(28)29)22-21(27)24-23-20(26)19-11-10-18(31-19)13-30-17-8-3-2-4-9-17/h2-12,14H,13H2,1H3,(H,23,26)(H2,22,24,27). The van der Waals surface area contributed by atoms with Crippen LogP contribution in [0.15, 0.2) is 71.1 Å². The number of carbonyl (C=O) groups is 2. The molecule has 3 N–H and O–H groups in total. The number of para-hydroxylation sites is 1. The molecule has 1 atom stereocenters. The van der Waals surface area contributed by atoms with Gasteiger partial charge in [0.2, 0.25) is 0 Å². The van der Waals surface area contributed by atoms with Crippen LogP contribution in [0.3, 0.4) is 0 Å². The molecule has 0 aliphatic carbocycles. The molecule has 0 aliphatic rings. The van der Waals surface area contributed by atoms with Gasteiger partial charge in [0, 0.05) is 12.1 Å². The Kier molecular flexibility index (Phi) is 6.84. The van der Waals surface area contributed by atoms with E-state index in [1.54, 1.807) is 31.2 Å². The summed E-state index contributed by atoms with van der Waals surface area (Å²) in [6.45, 7) is 1.80. The first-order valence-corrected chi connectivity index (χ1v) is 9.30. The van der Waals surface area contributed by atoms with Gasteiger partial charge in [-0.1, -0.05) is 30.3 Å². The van der Waals surface area contributed by atoms with Crippen molar-refractivity contribution >= 4 is 17.6 Å². The maximum Gasteiger partial charge on any atom is 0.333 e. The largest absolute Gasteiger partial charge is 0.486 e. The second-order valence-corrected chi connectivity index (χ2v) is 6.49. The average Bonchev–Trinajstić information content (AvgIpc) is 3.26. The van der Waals surface area contributed by atoms with Crippen LogP contribution in [0.25, 0.3) is 0 Å². The lowest BCUT2D eigenvalue weighted by Crippen LogP contribution is -2.47. The Morgan fingerprint density at radius 3 is 2.58 bits per heavy atom. The number of hydrazine groups is 1. The maximum absolute atomic E-state index is 12.1. The van der Waals surface area contributed by atoms with E-state index in [0.29, 0.717) is 17.1 Å². The number of carbonyl (C=O) groups excluding carboxylic acids is 2. The predicted octanol–water partition coefficient (Wildman–Crippen LogP) is 3.47. The summed E-state index contributed by atoms with van der Waals surface area (Å²) in [6, 6.07) is 16.9. The summed E-state index contributed by atoms with van der Waals surface area (Å²) in [4.78, 5) is 34.5. The van der Waals surface area contributed by atoms with Crippen molar-refractivity contribution in [2.45, 2.75) is 19.6 Å². The van der Waals surface area contributed by atoms with Gasteiger partial charge in [0.15, 0.2) is 5.76 Å². The molecule has 10 nitrogen and oxygen atoms in total. The number of nitrogens with zero attached hydrogens (tertiary/aromatic N) is 1. The number of furan rings is 1. The Hall–Kier alpha value is -4.34. The van der Waals surface area contributed by atoms with Crippen LogP contribution in [0.2, 0.25) is 0 Å². The number of rotatable bonds is 7. The van der Waals surface area contributed by atoms with Crippen LogP contribution in [0.4, 0.5) is 10.5 Å². The minimum absolute atomic E-state index is 0.00121. The van der Waals surface area contributed by atoms with Crippen molar-refractivity contribution in [1.82, 2.24) is 16.2 Å². The number of hydrogen-bond donors (Lipinski definition) is 3. The first-order chi connectivity index (χ1) is 14.9. The molecule has 0 fully saturated rings. The van der Waals surface area contributed by atoms with Gasteiger partial charge in [-0.2, -0.15) is 0 Å². The van der Waals surface area contributed by atoms with Crippen LogP contribution in [0, 0.1) is 10.1 Å². The van der Waals surface area contributed by atoms with Gasteiger partial charge < -0.3 is 14.5 Å². The van der Waals surface area contributed by atoms with Gasteiger partial charge in [0.1, 0.15) is 18.1 Å². The lowest BCUT2D eigenvalue weighted by molar-refractivity contribution is -0.384. The number of urea groups is 1. The van der Waals surface area contributed by atoms with Crippen molar-refractivity contribution in [2.75, 3.05) is 0 Å². The smallest absolute Gasteiger partial charge is 0.333 e. The van der Waals surface area contributed by atoms with Gasteiger partial charge in [-0.25, -0.2) is 10.2 Å². The van der Waals surface area contributed by atoms with E-state index < -0.39 is 22.9 Å². The Labute approximate surface area is 177 Å². The van der Waals surface area contributed by atoms with Crippen molar-refractivity contribution in [3.63, 3.8) is 0 Å². The minimum Gasteiger partial charge on any atom is -0.486 e. The number of hydrogen-bond acceptors (Lipinski definition) is 6. The van der Waals surface area contributed by atoms with E-state index >= 15 is 0 Å². The molecule has 0 saturated carbocycles. The topological polar surface area (TPSA) is 136 Å². The quantitative estimate of drug-likeness (QED) is 0.392. The third-order valence-corrected chi connectivity index (χ3v) is 4.23. The first-order valence-electron chi connectivity index (χ1n) is 9.30. The Balaban J connectivity index is 1.47. The van der Waals surface area contributed by atoms with Gasteiger partial charge >= 0.3 is 11.9 Å². The molecule has 0 bridgehead atoms. The fraction of sp³-hybridized carbons (Fsp3) is 0.143. The van der Waals surface area contributed by atoms with Crippen LogP contribution in [0.5, 0.6) is 5.75 Å². The van der Waals surface area contributed by atoms with Gasteiger partial charge in [0.25, 0.3) is 5.69 Å². The minimum atomic E-state index is -0.688. The normalized spacial score (nSPS) is 11.3. The molecule has 0 spiro atoms. The zero-order chi connectivity index (χ0) is 22.2. The summed E-state index contributed by atoms with van der Waals surface area (Å²) in [7, 11) is 0. The summed E-state index contributed by atoms with van der Waals surface area (Å²) < 4.78 is 11.0. The monoisotopic (exact) mass is 424 g/mol. The molecule has 1 unspecified atom stereocenters. The van der Waals surface area contributed by atoms with Gasteiger partial charge in [0.05, 0.1) is 11.0 Å². The van der Waals surface area contributed by atoms with E-state index in [2.05, 4.69) is 16.2 Å². The zero-order valence-corrected chi connectivity index (χ0v) is 16.5. The van der Waals surface area contributed by atoms with Crippen molar-refractivity contribution < 1.29 is 23.7 Å². The van der Waals surface area contributed by atoms with E-state index in [1.165, 1.54) is 24.3 Å². The van der Waals surface area contributed by atoms with E-state index in [0.717, 1.165) is 0 Å². The predicted molar refractivity (Wildman–Crippen MR) is 110 cm³/mol. The fourth-order valence-corrected chi connectivity index (χ4v) is 2.65. The molecule has 3 rings (SSSR count). The van der Waals surface area contributed by atoms with Crippen molar-refractivity contribution in [3.05, 3.63) is 93.9 Å². The van der Waals surface area contributed by atoms with E-state index in [4.69, 9.17) is 9.15 Å². The van der Waals surface area contributed by atoms with Crippen molar-refractivity contribution in [3.8, 4) is 5.75 Å². The molecule has 3 aromatic rings. The highest BCUT2D eigenvalue weighted by molar-refractivity contribution is 5.92. The molecule has 3 amide bonds. The number of nitrogens with one attached hydrogen (secondary N) is 3. The van der Waals surface area contributed by atoms with Crippen LogP contribution in [-0.4, -0.2) is 16.9 Å². The van der Waals surface area contributed by atoms with E-state index in [-0.39, 0.29) is 18.1 Å². The summed E-state index contributed by atoms with van der Waals surface area (Å²) in [5, 5.41) is 13.4. The van der Waals surface area contributed by atoms with Crippen molar-refractivity contribution in [1.29, 1.82) is 0 Å². The number of benzene rings is 2. The molecule has 2 aromatic carbocycles. The van der Waals surface area contributed by atoms with Crippen LogP contribution < -0.4 is 20.9 Å². The molecule has 160 valence electrons. The molecule has 0 aliphatic heterocycles. The summed E-state index contributed by atoms with van der Waals surface area (Å²) in [5.41, 5.74) is 4.91. The van der Waals surface area contributed by atoms with Gasteiger partial charge in [-0.05, 0) is 36.8 Å². The maximum atomic E-state index is 12.1. The van der Waals surface area contributed by atoms with Gasteiger partial charge in [-0.15, -0.1) is 0 Å². The molecule has 0 radical (unpaired) electrons. The molecule has 10 heteroatoms. The van der Waals surface area contributed by atoms with E-state index in [1.807, 2.05) is 18.2 Å². The molecule has 31 heavy (non-hydrogen) atoms. The fourth-order valence-electron chi connectivity index (χ4n) is 2.65. The number of nitro groups is 1. The number of nitro benzene ring substituents is 1. The molecule has 1 aromatic heterocycles. The third kappa shape index (κ3) is 6.07. The molecule has 0 saturated heterocycles. The second-order valence-electron chi connectivity index (χ2n) is 6.49. The third-order valence-electron chi connectivity index (χ3n) is 4.23. The average molecular weight is 424 g/mol. The Morgan fingerprint density at radius 1 is 1.06 bits per heavy atom. The SMILES string of the molecule is CC(NC(=O)NNC(=O)c1ccc(COc2ccccc2)o1)c1cccc([N+](=O)[O-])c1. The molecule has 1 heterocycles. The highest BCUT2D eigenvalue weighted by Gasteiger charge is 2.15. The van der Waals surface area contributed by atoms with Crippen LogP contribution in [-0.2, 0) is 6.61 Å². The van der Waals surface area contributed by atoms with Crippen LogP contribution >= 0.6 is 0 Å². The second kappa shape index (κ2) is 9.92. The number of non-ortho nitro benzene ring substituents is 1. The zero-order valence-electron chi connectivity index (χ0n) is 16.5. The highest BCUT2D eigenvalue weighted by Crippen LogP contribution is 2.18. The molecular weight excluding hydrogens is 404 g/mol. The Bertz CT molecular complexity index is 1070.